The predicted octanol–water partition coefficient (Wildman–Crippen LogP) is -0.505. The lowest BCUT2D eigenvalue weighted by Crippen LogP contribution is -2.15. The quantitative estimate of drug-likeness (QED) is 0.663. The van der Waals surface area contributed by atoms with Gasteiger partial charge in [0.05, 0.1) is 24.5 Å². The maximum absolute atomic E-state index is 9.97. The van der Waals surface area contributed by atoms with Crippen molar-refractivity contribution in [1.29, 1.82) is 0 Å². The van der Waals surface area contributed by atoms with Gasteiger partial charge in [-0.1, -0.05) is 0 Å². The molecule has 0 radical (unpaired) electrons. The largest absolute Gasteiger partial charge is 0.394 e. The van der Waals surface area contributed by atoms with Crippen LogP contribution in [0.4, 0.5) is 5.82 Å². The van der Waals surface area contributed by atoms with E-state index in [0.717, 1.165) is 0 Å². The molecule has 7 heteroatoms. The first-order chi connectivity index (χ1) is 8.70. The predicted molar refractivity (Wildman–Crippen MR) is 62.7 cm³/mol. The number of anilines is 1. The van der Waals surface area contributed by atoms with Gasteiger partial charge in [-0.3, -0.25) is 0 Å². The van der Waals surface area contributed by atoms with Gasteiger partial charge in [-0.05, 0) is 12.1 Å². The lowest BCUT2D eigenvalue weighted by molar-refractivity contribution is -0.0136. The number of nitrogen functional groups attached to an aromatic ring is 1. The first-order valence-electron chi connectivity index (χ1n) is 5.73. The molecule has 96 valence electrons. The normalized spacial score (nSPS) is 28.0. The van der Waals surface area contributed by atoms with Crippen molar-refractivity contribution >= 4 is 11.3 Å². The van der Waals surface area contributed by atoms with Crippen molar-refractivity contribution in [2.45, 2.75) is 24.7 Å². The second-order valence-electron chi connectivity index (χ2n) is 4.36. The zero-order chi connectivity index (χ0) is 12.7. The topological polar surface area (TPSA) is 106 Å². The number of rotatable bonds is 2. The second-order valence-corrected chi connectivity index (χ2v) is 4.36. The highest BCUT2D eigenvalue weighted by molar-refractivity contribution is 5.65. The summed E-state index contributed by atoms with van der Waals surface area (Å²) in [6.45, 7) is -0.103. The molecular weight excluding hydrogens is 236 g/mol. The Balaban J connectivity index is 2.02. The van der Waals surface area contributed by atoms with E-state index in [1.165, 1.54) is 6.33 Å². The Morgan fingerprint density at radius 1 is 1.50 bits per heavy atom. The third-order valence-electron chi connectivity index (χ3n) is 3.20. The number of hydrogen-bond acceptors (Lipinski definition) is 6. The molecule has 3 atom stereocenters. The van der Waals surface area contributed by atoms with Crippen molar-refractivity contribution in [3.63, 3.8) is 0 Å². The molecular formula is C11H14N4O3. The zero-order valence-electron chi connectivity index (χ0n) is 9.60. The molecule has 2 aromatic rings. The molecule has 0 amide bonds. The van der Waals surface area contributed by atoms with E-state index in [0.29, 0.717) is 23.4 Å². The van der Waals surface area contributed by atoms with Crippen molar-refractivity contribution < 1.29 is 14.9 Å². The zero-order valence-corrected chi connectivity index (χ0v) is 9.60. The lowest BCUT2D eigenvalue weighted by Gasteiger charge is -2.14. The summed E-state index contributed by atoms with van der Waals surface area (Å²) in [6, 6.07) is 3.58. The van der Waals surface area contributed by atoms with Gasteiger partial charge in [-0.25, -0.2) is 9.50 Å². The minimum Gasteiger partial charge on any atom is -0.394 e. The summed E-state index contributed by atoms with van der Waals surface area (Å²) in [5, 5.41) is 23.1. The van der Waals surface area contributed by atoms with Gasteiger partial charge in [-0.15, -0.1) is 0 Å². The molecule has 3 rings (SSSR count). The maximum atomic E-state index is 9.97. The van der Waals surface area contributed by atoms with Crippen molar-refractivity contribution in [3.05, 3.63) is 24.2 Å². The Hall–Kier alpha value is -1.70. The van der Waals surface area contributed by atoms with Gasteiger partial charge in [0.2, 0.25) is 0 Å². The van der Waals surface area contributed by atoms with E-state index in [9.17, 15) is 5.11 Å². The summed E-state index contributed by atoms with van der Waals surface area (Å²) in [4.78, 5) is 3.90. The molecule has 18 heavy (non-hydrogen) atoms. The van der Waals surface area contributed by atoms with Gasteiger partial charge < -0.3 is 20.7 Å². The number of nitrogens with two attached hydrogens (primary N) is 1. The van der Waals surface area contributed by atoms with E-state index in [1.54, 1.807) is 16.6 Å². The molecule has 1 saturated heterocycles. The van der Waals surface area contributed by atoms with Crippen molar-refractivity contribution in [1.82, 2.24) is 14.6 Å². The molecule has 3 heterocycles. The number of aliphatic hydroxyl groups is 2. The molecule has 0 bridgehead atoms. The molecule has 0 aliphatic carbocycles. The Morgan fingerprint density at radius 3 is 3.06 bits per heavy atom. The molecule has 2 aromatic heterocycles. The second kappa shape index (κ2) is 4.20. The van der Waals surface area contributed by atoms with E-state index in [-0.39, 0.29) is 12.7 Å². The van der Waals surface area contributed by atoms with Gasteiger partial charge in [-0.2, -0.15) is 5.10 Å². The highest BCUT2D eigenvalue weighted by Crippen LogP contribution is 2.33. The maximum Gasteiger partial charge on any atom is 0.151 e. The van der Waals surface area contributed by atoms with Crippen LogP contribution in [-0.2, 0) is 4.74 Å². The molecule has 7 nitrogen and oxygen atoms in total. The SMILES string of the molecule is Nc1ncnn2c([C@@H]3O[C@H](CO)C[C@@H]3O)ccc12. The van der Waals surface area contributed by atoms with Gasteiger partial charge in [0, 0.05) is 6.42 Å². The van der Waals surface area contributed by atoms with Crippen LogP contribution < -0.4 is 5.73 Å². The van der Waals surface area contributed by atoms with Gasteiger partial charge >= 0.3 is 0 Å². The highest BCUT2D eigenvalue weighted by Gasteiger charge is 2.36. The van der Waals surface area contributed by atoms with Crippen molar-refractivity contribution in [3.8, 4) is 0 Å². The third kappa shape index (κ3) is 1.64. The van der Waals surface area contributed by atoms with E-state index >= 15 is 0 Å². The fraction of sp³-hybridized carbons (Fsp3) is 0.455. The fourth-order valence-corrected chi connectivity index (χ4v) is 2.32. The number of aliphatic hydroxyl groups excluding tert-OH is 2. The molecule has 0 unspecified atom stereocenters. The molecule has 0 saturated carbocycles. The van der Waals surface area contributed by atoms with Gasteiger partial charge in [0.25, 0.3) is 0 Å². The lowest BCUT2D eigenvalue weighted by atomic mass is 10.1. The van der Waals surface area contributed by atoms with Crippen LogP contribution in [0.5, 0.6) is 0 Å². The van der Waals surface area contributed by atoms with E-state index < -0.39 is 12.2 Å². The highest BCUT2D eigenvalue weighted by atomic mass is 16.5. The first-order valence-corrected chi connectivity index (χ1v) is 5.73. The number of fused-ring (bicyclic) bond motifs is 1. The van der Waals surface area contributed by atoms with E-state index in [2.05, 4.69) is 10.1 Å². The summed E-state index contributed by atoms with van der Waals surface area (Å²) in [5.74, 6) is 0.377. The van der Waals surface area contributed by atoms with Crippen molar-refractivity contribution in [2.75, 3.05) is 12.3 Å². The monoisotopic (exact) mass is 250 g/mol. The molecule has 1 aliphatic heterocycles. The number of aromatic nitrogens is 3. The summed E-state index contributed by atoms with van der Waals surface area (Å²) < 4.78 is 7.20. The minimum atomic E-state index is -0.656. The molecule has 4 N–H and O–H groups in total. The van der Waals surface area contributed by atoms with Crippen LogP contribution >= 0.6 is 0 Å². The van der Waals surface area contributed by atoms with Crippen LogP contribution in [0.3, 0.4) is 0 Å². The molecule has 1 fully saturated rings. The van der Waals surface area contributed by atoms with Crippen LogP contribution in [-0.4, -0.2) is 43.6 Å². The standard InChI is InChI=1S/C11H14N4O3/c12-11-8-2-1-7(15(8)14-5-13-11)10-9(17)3-6(4-16)18-10/h1-2,5-6,9-10,16-17H,3-4H2,(H2,12,13,14)/t6-,9-,10-/m0/s1. The fourth-order valence-electron chi connectivity index (χ4n) is 2.32. The summed E-state index contributed by atoms with van der Waals surface area (Å²) in [6.07, 6.45) is 0.274. The molecule has 1 aliphatic rings. The van der Waals surface area contributed by atoms with E-state index in [4.69, 9.17) is 15.6 Å². The van der Waals surface area contributed by atoms with Crippen LogP contribution in [0.1, 0.15) is 18.2 Å². The Kier molecular flexibility index (Phi) is 2.66. The van der Waals surface area contributed by atoms with Crippen LogP contribution in [0.25, 0.3) is 5.52 Å². The number of hydrogen-bond donors (Lipinski definition) is 3. The average molecular weight is 250 g/mol. The van der Waals surface area contributed by atoms with Crippen LogP contribution in [0.2, 0.25) is 0 Å². The number of nitrogens with zero attached hydrogens (tertiary/aromatic N) is 3. The van der Waals surface area contributed by atoms with Crippen molar-refractivity contribution in [2.24, 2.45) is 0 Å². The summed E-state index contributed by atoms with van der Waals surface area (Å²) in [7, 11) is 0. The van der Waals surface area contributed by atoms with Gasteiger partial charge in [0.1, 0.15) is 17.9 Å². The smallest absolute Gasteiger partial charge is 0.151 e. The molecule has 0 aromatic carbocycles. The first kappa shape index (κ1) is 11.4. The summed E-state index contributed by atoms with van der Waals surface area (Å²) >= 11 is 0. The third-order valence-corrected chi connectivity index (χ3v) is 3.20. The Labute approximate surface area is 103 Å². The van der Waals surface area contributed by atoms with Crippen LogP contribution in [0.15, 0.2) is 18.5 Å². The average Bonchev–Trinajstić information content (AvgIpc) is 2.93. The van der Waals surface area contributed by atoms with Gasteiger partial charge in [0.15, 0.2) is 5.82 Å². The number of ether oxygens (including phenoxy) is 1. The van der Waals surface area contributed by atoms with Crippen LogP contribution in [0, 0.1) is 0 Å². The summed E-state index contributed by atoms with van der Waals surface area (Å²) in [5.41, 5.74) is 7.13. The minimum absolute atomic E-state index is 0.103. The Bertz CT molecular complexity index is 570. The Morgan fingerprint density at radius 2 is 2.33 bits per heavy atom. The molecule has 0 spiro atoms. The van der Waals surface area contributed by atoms with E-state index in [1.807, 2.05) is 0 Å².